The molecule has 0 aliphatic heterocycles. The van der Waals surface area contributed by atoms with E-state index in [1.165, 1.54) is 0 Å². The van der Waals surface area contributed by atoms with Crippen molar-refractivity contribution in [2.45, 2.75) is 45.5 Å². The summed E-state index contributed by atoms with van der Waals surface area (Å²) in [6, 6.07) is 14.0. The summed E-state index contributed by atoms with van der Waals surface area (Å²) < 4.78 is 5.96. The summed E-state index contributed by atoms with van der Waals surface area (Å²) in [7, 11) is 0. The molecule has 0 fully saturated rings. The molecule has 146 valence electrons. The Bertz CT molecular complexity index is 764. The molecule has 0 heterocycles. The van der Waals surface area contributed by atoms with Crippen LogP contribution in [0.3, 0.4) is 0 Å². The molecule has 0 bridgehead atoms. The highest BCUT2D eigenvalue weighted by Crippen LogP contribution is 2.28. The fraction of sp³-hybridized carbons (Fsp3) is 0.409. The van der Waals surface area contributed by atoms with Gasteiger partial charge >= 0.3 is 0 Å². The Balaban J connectivity index is 1.78. The predicted molar refractivity (Wildman–Crippen MR) is 116 cm³/mol. The summed E-state index contributed by atoms with van der Waals surface area (Å²) in [5.41, 5.74) is 3.36. The Kier molecular flexibility index (Phi) is 8.52. The molecule has 0 aliphatic rings. The Morgan fingerprint density at radius 2 is 1.93 bits per heavy atom. The zero-order valence-electron chi connectivity index (χ0n) is 16.4. The van der Waals surface area contributed by atoms with E-state index in [4.69, 9.17) is 16.3 Å². The summed E-state index contributed by atoms with van der Waals surface area (Å²) in [4.78, 5) is 12.3. The van der Waals surface area contributed by atoms with E-state index < -0.39 is 6.10 Å². The summed E-state index contributed by atoms with van der Waals surface area (Å²) >= 11 is 7.90. The predicted octanol–water partition coefficient (Wildman–Crippen LogP) is 5.59. The molecule has 0 saturated carbocycles. The highest BCUT2D eigenvalue weighted by Gasteiger charge is 2.17. The maximum Gasteiger partial charge on any atom is 0.260 e. The number of benzene rings is 2. The maximum atomic E-state index is 12.3. The lowest BCUT2D eigenvalue weighted by atomic mass is 10.0. The number of amides is 1. The van der Waals surface area contributed by atoms with Gasteiger partial charge in [-0.15, -0.1) is 0 Å². The normalized spacial score (nSPS) is 12.1. The smallest absolute Gasteiger partial charge is 0.260 e. The van der Waals surface area contributed by atoms with Gasteiger partial charge in [0.05, 0.1) is 0 Å². The van der Waals surface area contributed by atoms with Crippen molar-refractivity contribution in [1.29, 1.82) is 0 Å². The Morgan fingerprint density at radius 1 is 1.19 bits per heavy atom. The fourth-order valence-corrected chi connectivity index (χ4v) is 3.80. The van der Waals surface area contributed by atoms with Crippen LogP contribution in [0.15, 0.2) is 42.5 Å². The molecule has 0 spiro atoms. The first-order valence-electron chi connectivity index (χ1n) is 9.24. The van der Waals surface area contributed by atoms with Crippen LogP contribution in [0.1, 0.15) is 43.4 Å². The second-order valence-corrected chi connectivity index (χ2v) is 8.40. The minimum absolute atomic E-state index is 0.0930. The van der Waals surface area contributed by atoms with Crippen molar-refractivity contribution in [3.8, 4) is 5.75 Å². The molecule has 1 amide bonds. The van der Waals surface area contributed by atoms with E-state index in [1.54, 1.807) is 18.7 Å². The summed E-state index contributed by atoms with van der Waals surface area (Å²) in [6.45, 7) is 8.67. The van der Waals surface area contributed by atoms with Crippen LogP contribution in [-0.4, -0.2) is 24.3 Å². The number of hydrogen-bond donors (Lipinski definition) is 1. The van der Waals surface area contributed by atoms with Gasteiger partial charge in [0.15, 0.2) is 6.10 Å². The number of thioether (sulfide) groups is 1. The minimum atomic E-state index is -0.530. The van der Waals surface area contributed by atoms with Gasteiger partial charge in [-0.25, -0.2) is 0 Å². The van der Waals surface area contributed by atoms with Crippen molar-refractivity contribution in [1.82, 2.24) is 5.32 Å². The van der Waals surface area contributed by atoms with Crippen LogP contribution in [-0.2, 0) is 10.5 Å². The second kappa shape index (κ2) is 10.6. The third kappa shape index (κ3) is 6.78. The molecule has 0 unspecified atom stereocenters. The number of halogens is 1. The van der Waals surface area contributed by atoms with E-state index in [-0.39, 0.29) is 5.91 Å². The maximum absolute atomic E-state index is 12.3. The standard InChI is InChI=1S/C22H28ClNO2S/c1-15(2)19-10-9-16(3)13-21(19)26-17(4)22(25)24-11-12-27-14-18-7-5-6-8-20(18)23/h5-10,13,15,17H,11-12,14H2,1-4H3,(H,24,25)/t17-/m1/s1. The quantitative estimate of drug-likeness (QED) is 0.552. The lowest BCUT2D eigenvalue weighted by Gasteiger charge is -2.19. The fourth-order valence-electron chi connectivity index (χ4n) is 2.65. The number of carbonyl (C=O) groups excluding carboxylic acids is 1. The van der Waals surface area contributed by atoms with Crippen LogP contribution in [0, 0.1) is 6.92 Å². The van der Waals surface area contributed by atoms with Crippen LogP contribution in [0.5, 0.6) is 5.75 Å². The molecule has 0 saturated heterocycles. The molecule has 0 aromatic heterocycles. The Hall–Kier alpha value is -1.65. The molecule has 2 aromatic carbocycles. The number of nitrogens with one attached hydrogen (secondary N) is 1. The van der Waals surface area contributed by atoms with E-state index in [0.717, 1.165) is 39.0 Å². The lowest BCUT2D eigenvalue weighted by Crippen LogP contribution is -2.37. The van der Waals surface area contributed by atoms with Gasteiger partial charge in [0.2, 0.25) is 0 Å². The van der Waals surface area contributed by atoms with E-state index in [1.807, 2.05) is 37.3 Å². The van der Waals surface area contributed by atoms with Gasteiger partial charge in [-0.2, -0.15) is 11.8 Å². The van der Waals surface area contributed by atoms with Gasteiger partial charge in [0.1, 0.15) is 5.75 Å². The van der Waals surface area contributed by atoms with Gasteiger partial charge in [-0.3, -0.25) is 4.79 Å². The number of aryl methyl sites for hydroxylation is 1. The number of carbonyl (C=O) groups is 1. The SMILES string of the molecule is Cc1ccc(C(C)C)c(O[C@H](C)C(=O)NCCSCc2ccccc2Cl)c1. The minimum Gasteiger partial charge on any atom is -0.481 e. The van der Waals surface area contributed by atoms with Gasteiger partial charge in [-0.1, -0.05) is 55.8 Å². The molecule has 27 heavy (non-hydrogen) atoms. The Morgan fingerprint density at radius 3 is 2.63 bits per heavy atom. The monoisotopic (exact) mass is 405 g/mol. The first-order valence-corrected chi connectivity index (χ1v) is 10.8. The molecular formula is C22H28ClNO2S. The van der Waals surface area contributed by atoms with Crippen LogP contribution < -0.4 is 10.1 Å². The van der Waals surface area contributed by atoms with E-state index in [9.17, 15) is 4.79 Å². The third-order valence-corrected chi connectivity index (χ3v) is 5.60. The van der Waals surface area contributed by atoms with Gasteiger partial charge in [0.25, 0.3) is 5.91 Å². The molecule has 2 rings (SSSR count). The van der Waals surface area contributed by atoms with E-state index >= 15 is 0 Å². The van der Waals surface area contributed by atoms with Gasteiger partial charge in [-0.05, 0) is 48.6 Å². The average molecular weight is 406 g/mol. The van der Waals surface area contributed by atoms with E-state index in [2.05, 4.69) is 31.3 Å². The van der Waals surface area contributed by atoms with Crippen molar-refractivity contribution in [3.05, 3.63) is 64.2 Å². The topological polar surface area (TPSA) is 38.3 Å². The molecule has 1 atom stereocenters. The first kappa shape index (κ1) is 21.6. The largest absolute Gasteiger partial charge is 0.481 e. The second-order valence-electron chi connectivity index (χ2n) is 6.89. The number of rotatable bonds is 9. The number of hydrogen-bond acceptors (Lipinski definition) is 3. The molecule has 0 aliphatic carbocycles. The summed E-state index contributed by atoms with van der Waals surface area (Å²) in [5.74, 6) is 2.70. The Labute approximate surface area is 171 Å². The van der Waals surface area contributed by atoms with Gasteiger partial charge in [0, 0.05) is 23.1 Å². The van der Waals surface area contributed by atoms with Crippen molar-refractivity contribution in [2.75, 3.05) is 12.3 Å². The van der Waals surface area contributed by atoms with Crippen molar-refractivity contribution >= 4 is 29.3 Å². The molecule has 3 nitrogen and oxygen atoms in total. The highest BCUT2D eigenvalue weighted by atomic mass is 35.5. The van der Waals surface area contributed by atoms with Crippen LogP contribution >= 0.6 is 23.4 Å². The third-order valence-electron chi connectivity index (χ3n) is 4.23. The average Bonchev–Trinajstić information content (AvgIpc) is 2.62. The zero-order chi connectivity index (χ0) is 19.8. The van der Waals surface area contributed by atoms with Crippen molar-refractivity contribution < 1.29 is 9.53 Å². The molecule has 1 N–H and O–H groups in total. The van der Waals surface area contributed by atoms with Gasteiger partial charge < -0.3 is 10.1 Å². The highest BCUT2D eigenvalue weighted by molar-refractivity contribution is 7.98. The van der Waals surface area contributed by atoms with Crippen LogP contribution in [0.2, 0.25) is 5.02 Å². The molecule has 2 aromatic rings. The molecule has 0 radical (unpaired) electrons. The summed E-state index contributed by atoms with van der Waals surface area (Å²) in [6.07, 6.45) is -0.530. The van der Waals surface area contributed by atoms with Crippen molar-refractivity contribution in [3.63, 3.8) is 0 Å². The van der Waals surface area contributed by atoms with Crippen LogP contribution in [0.25, 0.3) is 0 Å². The molecular weight excluding hydrogens is 378 g/mol. The zero-order valence-corrected chi connectivity index (χ0v) is 18.0. The molecule has 5 heteroatoms. The first-order chi connectivity index (χ1) is 12.9. The van der Waals surface area contributed by atoms with Crippen LogP contribution in [0.4, 0.5) is 0 Å². The summed E-state index contributed by atoms with van der Waals surface area (Å²) in [5, 5.41) is 3.74. The number of ether oxygens (including phenoxy) is 1. The van der Waals surface area contributed by atoms with E-state index in [0.29, 0.717) is 12.5 Å². The van der Waals surface area contributed by atoms with Crippen molar-refractivity contribution in [2.24, 2.45) is 0 Å². The lowest BCUT2D eigenvalue weighted by molar-refractivity contribution is -0.127.